The van der Waals surface area contributed by atoms with E-state index in [1.807, 2.05) is 93.6 Å². The Balaban J connectivity index is 1.08. The Morgan fingerprint density at radius 2 is 1.62 bits per heavy atom. The number of ether oxygens (including phenoxy) is 1. The van der Waals surface area contributed by atoms with Gasteiger partial charge in [0, 0.05) is 37.4 Å². The summed E-state index contributed by atoms with van der Waals surface area (Å²) in [5, 5.41) is 2.98. The fourth-order valence-corrected chi connectivity index (χ4v) is 6.91. The second-order valence-electron chi connectivity index (χ2n) is 12.9. The van der Waals surface area contributed by atoms with Gasteiger partial charge in [0.1, 0.15) is 5.60 Å². The highest BCUT2D eigenvalue weighted by Crippen LogP contribution is 2.29. The summed E-state index contributed by atoms with van der Waals surface area (Å²) in [5.74, 6) is 0.807. The van der Waals surface area contributed by atoms with Crippen molar-refractivity contribution in [3.8, 4) is 22.4 Å². The molecule has 3 heterocycles. The molecule has 0 aliphatic carbocycles. The molecule has 0 spiro atoms. The van der Waals surface area contributed by atoms with Crippen LogP contribution >= 0.6 is 0 Å². The van der Waals surface area contributed by atoms with Crippen molar-refractivity contribution in [2.24, 2.45) is 0 Å². The minimum Gasteiger partial charge on any atom is -0.443 e. The summed E-state index contributed by atoms with van der Waals surface area (Å²) >= 11 is 0. The molecule has 1 aromatic heterocycles. The average Bonchev–Trinajstić information content (AvgIpc) is 3.73. The zero-order chi connectivity index (χ0) is 33.2. The van der Waals surface area contributed by atoms with Crippen molar-refractivity contribution >= 4 is 33.2 Å². The first-order valence-corrected chi connectivity index (χ1v) is 17.5. The molecule has 10 nitrogen and oxygen atoms in total. The lowest BCUT2D eigenvalue weighted by molar-refractivity contribution is 0.0364. The summed E-state index contributed by atoms with van der Waals surface area (Å²) in [4.78, 5) is 37.5. The van der Waals surface area contributed by atoms with Crippen LogP contribution in [0.15, 0.2) is 85.1 Å². The van der Waals surface area contributed by atoms with E-state index in [1.54, 1.807) is 17.2 Å². The number of hydrogen-bond donors (Lipinski definition) is 2. The molecule has 0 unspecified atom stereocenters. The SMILES string of the molecule is CC(C)(C)OC(=O)N1CCC=C1c1ncc(-c2ccc(-c3cccc(C(=O)Nc4ccc(CN5CCS(=O)(=O)CC5)cc4)c3)cc2)[nH]1. The van der Waals surface area contributed by atoms with Gasteiger partial charge in [0.15, 0.2) is 15.7 Å². The van der Waals surface area contributed by atoms with Gasteiger partial charge in [-0.05, 0) is 73.7 Å². The number of nitrogens with one attached hydrogen (secondary N) is 2. The maximum Gasteiger partial charge on any atom is 0.414 e. The van der Waals surface area contributed by atoms with E-state index in [0.29, 0.717) is 49.0 Å². The highest BCUT2D eigenvalue weighted by molar-refractivity contribution is 7.91. The quantitative estimate of drug-likeness (QED) is 0.243. The number of aromatic amines is 1. The van der Waals surface area contributed by atoms with Crippen LogP contribution in [0, 0.1) is 0 Å². The van der Waals surface area contributed by atoms with Crippen LogP contribution in [-0.4, -0.2) is 76.9 Å². The van der Waals surface area contributed by atoms with Crippen molar-refractivity contribution in [2.45, 2.75) is 39.3 Å². The Morgan fingerprint density at radius 3 is 2.32 bits per heavy atom. The van der Waals surface area contributed by atoms with Crippen molar-refractivity contribution in [3.63, 3.8) is 0 Å². The lowest BCUT2D eigenvalue weighted by Gasteiger charge is -2.26. The summed E-state index contributed by atoms with van der Waals surface area (Å²) in [6, 6.07) is 23.2. The first kappa shape index (κ1) is 32.2. The number of benzene rings is 3. The minimum absolute atomic E-state index is 0.200. The molecule has 11 heteroatoms. The monoisotopic (exact) mass is 653 g/mol. The van der Waals surface area contributed by atoms with Gasteiger partial charge in [-0.1, -0.05) is 54.6 Å². The second-order valence-corrected chi connectivity index (χ2v) is 15.2. The Hall–Kier alpha value is -4.74. The molecule has 2 aliphatic heterocycles. The Morgan fingerprint density at radius 1 is 0.915 bits per heavy atom. The summed E-state index contributed by atoms with van der Waals surface area (Å²) in [6.45, 7) is 7.86. The van der Waals surface area contributed by atoms with Crippen molar-refractivity contribution < 1.29 is 22.7 Å². The highest BCUT2D eigenvalue weighted by atomic mass is 32.2. The summed E-state index contributed by atoms with van der Waals surface area (Å²) in [7, 11) is -2.91. The molecule has 2 N–H and O–H groups in total. The molecule has 3 aromatic carbocycles. The molecule has 0 bridgehead atoms. The third-order valence-electron chi connectivity index (χ3n) is 8.12. The minimum atomic E-state index is -2.91. The van der Waals surface area contributed by atoms with Crippen molar-refractivity contribution in [2.75, 3.05) is 36.5 Å². The Labute approximate surface area is 275 Å². The van der Waals surface area contributed by atoms with Crippen LogP contribution in [0.1, 0.15) is 48.9 Å². The zero-order valence-electron chi connectivity index (χ0n) is 26.8. The molecule has 4 aromatic rings. The second kappa shape index (κ2) is 13.2. The predicted octanol–water partition coefficient (Wildman–Crippen LogP) is 6.21. The van der Waals surface area contributed by atoms with Crippen LogP contribution < -0.4 is 5.32 Å². The molecular formula is C36H39N5O5S. The Bertz CT molecular complexity index is 1890. The van der Waals surface area contributed by atoms with Crippen LogP contribution in [0.25, 0.3) is 28.1 Å². The number of anilines is 1. The molecule has 0 radical (unpaired) electrons. The average molecular weight is 654 g/mol. The lowest BCUT2D eigenvalue weighted by atomic mass is 10.0. The maximum absolute atomic E-state index is 13.1. The number of amides is 2. The number of carbonyl (C=O) groups excluding carboxylic acids is 2. The van der Waals surface area contributed by atoms with Crippen LogP contribution in [0.4, 0.5) is 10.5 Å². The van der Waals surface area contributed by atoms with E-state index in [4.69, 9.17) is 4.74 Å². The number of imidazole rings is 1. The smallest absolute Gasteiger partial charge is 0.414 e. The number of sulfone groups is 1. The summed E-state index contributed by atoms with van der Waals surface area (Å²) < 4.78 is 28.9. The van der Waals surface area contributed by atoms with Gasteiger partial charge in [-0.25, -0.2) is 18.2 Å². The van der Waals surface area contributed by atoms with Gasteiger partial charge >= 0.3 is 6.09 Å². The first-order chi connectivity index (χ1) is 22.4. The third kappa shape index (κ3) is 7.98. The van der Waals surface area contributed by atoms with Crippen LogP contribution in [-0.2, 0) is 21.1 Å². The topological polar surface area (TPSA) is 125 Å². The molecule has 1 saturated heterocycles. The molecule has 244 valence electrons. The molecular weight excluding hydrogens is 614 g/mol. The van der Waals surface area contributed by atoms with Crippen LogP contribution in [0.3, 0.4) is 0 Å². The first-order valence-electron chi connectivity index (χ1n) is 15.7. The van der Waals surface area contributed by atoms with E-state index in [1.165, 1.54) is 0 Å². The number of aromatic nitrogens is 2. The molecule has 0 atom stereocenters. The number of nitrogens with zero attached hydrogens (tertiary/aromatic N) is 3. The molecule has 1 fully saturated rings. The largest absolute Gasteiger partial charge is 0.443 e. The number of hydrogen-bond acceptors (Lipinski definition) is 7. The fourth-order valence-electron chi connectivity index (χ4n) is 5.64. The van der Waals surface area contributed by atoms with Gasteiger partial charge in [0.05, 0.1) is 29.1 Å². The van der Waals surface area contributed by atoms with E-state index < -0.39 is 15.4 Å². The normalized spacial score (nSPS) is 16.5. The van der Waals surface area contributed by atoms with E-state index in [0.717, 1.165) is 34.4 Å². The van der Waals surface area contributed by atoms with Crippen LogP contribution in [0.5, 0.6) is 0 Å². The van der Waals surface area contributed by atoms with E-state index >= 15 is 0 Å². The molecule has 6 rings (SSSR count). The standard InChI is InChI=1S/C36H39N5O5S/c1-36(2,3)46-35(43)41-17-5-8-32(41)33-37-23-31(39-33)27-13-11-26(12-14-27)28-6-4-7-29(22-28)34(42)38-30-15-9-25(10-16-30)24-40-18-20-47(44,45)21-19-40/h4,6-16,22-23H,5,17-21,24H2,1-3H3,(H,37,39)(H,38,42). The van der Waals surface area contributed by atoms with E-state index in [2.05, 4.69) is 20.2 Å². The van der Waals surface area contributed by atoms with Gasteiger partial charge < -0.3 is 15.0 Å². The molecule has 0 saturated carbocycles. The van der Waals surface area contributed by atoms with Crippen molar-refractivity contribution in [1.82, 2.24) is 19.8 Å². The summed E-state index contributed by atoms with van der Waals surface area (Å²) in [5.41, 5.74) is 6.08. The van der Waals surface area contributed by atoms with Gasteiger partial charge in [0.25, 0.3) is 5.91 Å². The number of carbonyl (C=O) groups is 2. The number of rotatable bonds is 7. The predicted molar refractivity (Wildman–Crippen MR) is 183 cm³/mol. The number of H-pyrrole nitrogens is 1. The third-order valence-corrected chi connectivity index (χ3v) is 9.73. The van der Waals surface area contributed by atoms with Crippen molar-refractivity contribution in [3.05, 3.63) is 102 Å². The van der Waals surface area contributed by atoms with Crippen molar-refractivity contribution in [1.29, 1.82) is 0 Å². The van der Waals surface area contributed by atoms with E-state index in [-0.39, 0.29) is 23.5 Å². The Kier molecular flexibility index (Phi) is 9.03. The summed E-state index contributed by atoms with van der Waals surface area (Å²) in [6.07, 6.45) is 4.10. The van der Waals surface area contributed by atoms with Gasteiger partial charge in [-0.15, -0.1) is 0 Å². The fraction of sp³-hybridized carbons (Fsp3) is 0.306. The van der Waals surface area contributed by atoms with Gasteiger partial charge in [-0.3, -0.25) is 14.6 Å². The highest BCUT2D eigenvalue weighted by Gasteiger charge is 2.29. The molecule has 2 aliphatic rings. The molecule has 47 heavy (non-hydrogen) atoms. The maximum atomic E-state index is 13.1. The van der Waals surface area contributed by atoms with Crippen LogP contribution in [0.2, 0.25) is 0 Å². The zero-order valence-corrected chi connectivity index (χ0v) is 27.6. The van der Waals surface area contributed by atoms with Gasteiger partial charge in [-0.2, -0.15) is 0 Å². The lowest BCUT2D eigenvalue weighted by Crippen LogP contribution is -2.39. The van der Waals surface area contributed by atoms with E-state index in [9.17, 15) is 18.0 Å². The van der Waals surface area contributed by atoms with Gasteiger partial charge in [0.2, 0.25) is 0 Å². The molecule has 2 amide bonds.